The fourth-order valence-corrected chi connectivity index (χ4v) is 10.3. The molecule has 2 aromatic rings. The van der Waals surface area contributed by atoms with Crippen molar-refractivity contribution >= 4 is 34.2 Å². The minimum absolute atomic E-state index is 0.116. The van der Waals surface area contributed by atoms with Gasteiger partial charge in [-0.25, -0.2) is 4.21 Å². The average Bonchev–Trinajstić information content (AvgIpc) is 3.32. The Bertz CT molecular complexity index is 1550. The number of benzene rings is 2. The first-order valence-corrected chi connectivity index (χ1v) is 21.5. The van der Waals surface area contributed by atoms with Crippen LogP contribution in [-0.4, -0.2) is 84.9 Å². The van der Waals surface area contributed by atoms with Crippen LogP contribution in [0.4, 0.5) is 5.69 Å². The Morgan fingerprint density at radius 1 is 1.06 bits per heavy atom. The third-order valence-electron chi connectivity index (χ3n) is 12.3. The van der Waals surface area contributed by atoms with E-state index in [1.54, 1.807) is 6.07 Å². The molecule has 10 heteroatoms. The molecule has 0 aromatic heterocycles. The van der Waals surface area contributed by atoms with Crippen LogP contribution >= 0.6 is 11.6 Å². The summed E-state index contributed by atoms with van der Waals surface area (Å²) in [6.07, 6.45) is 15.2. The Labute approximate surface area is 320 Å². The lowest BCUT2D eigenvalue weighted by Crippen LogP contribution is -2.53. The quantitative estimate of drug-likeness (QED) is 0.304. The number of amides is 1. The highest BCUT2D eigenvalue weighted by Crippen LogP contribution is 2.46. The molecule has 1 saturated carbocycles. The maximum atomic E-state index is 13.3. The van der Waals surface area contributed by atoms with Gasteiger partial charge >= 0.3 is 0 Å². The SMILES string of the molecule is C1CCN2CCNCC2C1.CCCc1cc(Cl)ccc1C1COc2ccc3cc2N(C1)CC1CCC1[C@@](C)(OC)/C=C/CCC(CC)S(=O)NC3=O. The standard InChI is InChI=1S/C34H45ClN2O4S.C8H16N2/c1-5-9-23-18-27(35)13-14-29(23)26-21-37-20-25-11-15-30(25)34(3,40-4)17-8-7-10-28(6-2)42(39)36-33(38)24-12-16-32(41-22-26)31(37)19-24;1-2-5-10-6-4-9-7-8(10)3-1/h8,12-14,16-19,25-26,28,30H,5-7,9-11,15,20-22H2,1-4H3,(H,36,38);8-9H,1-7H2/b17-8+;/t25?,26?,28?,30?,34-,42?;/m0./s1. The summed E-state index contributed by atoms with van der Waals surface area (Å²) in [6, 6.07) is 12.7. The molecule has 286 valence electrons. The number of nitrogens with zero attached hydrogens (tertiary/aromatic N) is 2. The zero-order valence-corrected chi connectivity index (χ0v) is 33.4. The minimum atomic E-state index is -1.48. The van der Waals surface area contributed by atoms with Gasteiger partial charge in [-0.05, 0) is 118 Å². The predicted octanol–water partition coefficient (Wildman–Crippen LogP) is 7.67. The summed E-state index contributed by atoms with van der Waals surface area (Å²) in [6.45, 7) is 13.6. The van der Waals surface area contributed by atoms with Crippen LogP contribution in [-0.2, 0) is 22.1 Å². The Kier molecular flexibility index (Phi) is 13.8. The van der Waals surface area contributed by atoms with Crippen LogP contribution in [0.15, 0.2) is 48.6 Å². The van der Waals surface area contributed by atoms with Crippen molar-refractivity contribution in [3.8, 4) is 5.75 Å². The van der Waals surface area contributed by atoms with Crippen LogP contribution in [0.2, 0.25) is 5.02 Å². The van der Waals surface area contributed by atoms with E-state index in [4.69, 9.17) is 21.1 Å². The Morgan fingerprint density at radius 3 is 2.67 bits per heavy atom. The second-order valence-corrected chi connectivity index (χ2v) is 17.6. The number of nitrogens with one attached hydrogen (secondary N) is 2. The zero-order valence-electron chi connectivity index (χ0n) is 31.8. The van der Waals surface area contributed by atoms with Crippen LogP contribution in [0.3, 0.4) is 0 Å². The first kappa shape index (κ1) is 39.3. The molecular formula is C42H61ClN4O4S. The van der Waals surface area contributed by atoms with Gasteiger partial charge in [-0.3, -0.25) is 14.4 Å². The Morgan fingerprint density at radius 2 is 1.92 bits per heavy atom. The number of ether oxygens (including phenoxy) is 2. The molecule has 5 aliphatic rings. The van der Waals surface area contributed by atoms with Gasteiger partial charge in [0.25, 0.3) is 5.91 Å². The highest BCUT2D eigenvalue weighted by molar-refractivity contribution is 7.84. The van der Waals surface area contributed by atoms with Gasteiger partial charge in [-0.2, -0.15) is 0 Å². The van der Waals surface area contributed by atoms with Crippen molar-refractivity contribution in [1.82, 2.24) is 14.9 Å². The lowest BCUT2D eigenvalue weighted by Gasteiger charge is -2.48. The first-order valence-electron chi connectivity index (χ1n) is 19.9. The maximum Gasteiger partial charge on any atom is 0.263 e. The molecule has 1 aliphatic carbocycles. The number of piperazine rings is 1. The summed E-state index contributed by atoms with van der Waals surface area (Å²) in [7, 11) is 0.334. The Balaban J connectivity index is 0.000000396. The van der Waals surface area contributed by atoms with Crippen LogP contribution < -0.4 is 19.7 Å². The lowest BCUT2D eigenvalue weighted by molar-refractivity contribution is -0.0620. The molecule has 0 spiro atoms. The summed E-state index contributed by atoms with van der Waals surface area (Å²) >= 11 is 6.42. The molecule has 7 atom stereocenters. The number of allylic oxidation sites excluding steroid dienone is 1. The van der Waals surface area contributed by atoms with E-state index >= 15 is 0 Å². The van der Waals surface area contributed by atoms with Gasteiger partial charge in [-0.1, -0.05) is 56.5 Å². The molecule has 0 radical (unpaired) electrons. The van der Waals surface area contributed by atoms with Crippen molar-refractivity contribution in [2.24, 2.45) is 11.8 Å². The summed E-state index contributed by atoms with van der Waals surface area (Å²) < 4.78 is 28.6. The molecule has 3 fully saturated rings. The minimum Gasteiger partial charge on any atom is -0.491 e. The van der Waals surface area contributed by atoms with E-state index in [0.29, 0.717) is 24.0 Å². The fourth-order valence-electron chi connectivity index (χ4n) is 9.00. The summed E-state index contributed by atoms with van der Waals surface area (Å²) in [5, 5.41) is 4.08. The summed E-state index contributed by atoms with van der Waals surface area (Å²) in [4.78, 5) is 18.4. The number of halogens is 1. The van der Waals surface area contributed by atoms with Gasteiger partial charge in [0.1, 0.15) is 16.7 Å². The highest BCUT2D eigenvalue weighted by atomic mass is 35.5. The molecule has 1 amide bonds. The fraction of sp³-hybridized carbons (Fsp3) is 0.643. The number of hydrogen-bond donors (Lipinski definition) is 2. The number of rotatable bonds is 5. The van der Waals surface area contributed by atoms with Crippen LogP contribution in [0.1, 0.15) is 106 Å². The van der Waals surface area contributed by atoms with Crippen molar-refractivity contribution in [2.75, 3.05) is 57.9 Å². The van der Waals surface area contributed by atoms with Crippen molar-refractivity contribution in [1.29, 1.82) is 0 Å². The van der Waals surface area contributed by atoms with Crippen molar-refractivity contribution in [3.05, 3.63) is 70.3 Å². The number of carbonyl (C=O) groups is 1. The average molecular weight is 753 g/mol. The number of aryl methyl sites for hydroxylation is 1. The van der Waals surface area contributed by atoms with Gasteiger partial charge in [0.15, 0.2) is 0 Å². The molecule has 7 rings (SSSR count). The molecule has 2 aromatic carbocycles. The smallest absolute Gasteiger partial charge is 0.263 e. The van der Waals surface area contributed by atoms with Gasteiger partial charge in [0.2, 0.25) is 0 Å². The van der Waals surface area contributed by atoms with Gasteiger partial charge in [-0.15, -0.1) is 0 Å². The first-order chi connectivity index (χ1) is 25.2. The molecule has 8 nitrogen and oxygen atoms in total. The van der Waals surface area contributed by atoms with E-state index in [2.05, 4.69) is 58.0 Å². The monoisotopic (exact) mass is 752 g/mol. The molecule has 2 bridgehead atoms. The van der Waals surface area contributed by atoms with Crippen molar-refractivity contribution < 1.29 is 18.5 Å². The number of anilines is 1. The van der Waals surface area contributed by atoms with Crippen LogP contribution in [0, 0.1) is 11.8 Å². The van der Waals surface area contributed by atoms with Crippen molar-refractivity contribution in [3.63, 3.8) is 0 Å². The van der Waals surface area contributed by atoms with Crippen LogP contribution in [0.25, 0.3) is 0 Å². The molecule has 2 N–H and O–H groups in total. The predicted molar refractivity (Wildman–Crippen MR) is 214 cm³/mol. The van der Waals surface area contributed by atoms with E-state index in [-0.39, 0.29) is 22.7 Å². The number of piperidine rings is 1. The van der Waals surface area contributed by atoms with Gasteiger partial charge in [0, 0.05) is 62.4 Å². The Hall–Kier alpha value is -2.43. The molecule has 52 heavy (non-hydrogen) atoms. The zero-order chi connectivity index (χ0) is 36.7. The maximum absolute atomic E-state index is 13.3. The third kappa shape index (κ3) is 9.26. The van der Waals surface area contributed by atoms with Crippen molar-refractivity contribution in [2.45, 2.75) is 108 Å². The van der Waals surface area contributed by atoms with E-state index in [1.807, 2.05) is 32.2 Å². The van der Waals surface area contributed by atoms with E-state index in [0.717, 1.165) is 80.5 Å². The number of hydrogen-bond acceptors (Lipinski definition) is 7. The molecule has 6 unspecified atom stereocenters. The molecule has 4 aliphatic heterocycles. The largest absolute Gasteiger partial charge is 0.491 e. The highest BCUT2D eigenvalue weighted by Gasteiger charge is 2.45. The third-order valence-corrected chi connectivity index (χ3v) is 14.1. The molecule has 2 saturated heterocycles. The number of methoxy groups -OCH3 is 1. The number of fused-ring (bicyclic) bond motifs is 3. The molecular weight excluding hydrogens is 692 g/mol. The molecule has 4 heterocycles. The lowest BCUT2D eigenvalue weighted by atomic mass is 9.64. The normalized spacial score (nSPS) is 31.6. The van der Waals surface area contributed by atoms with Gasteiger partial charge < -0.3 is 19.7 Å². The van der Waals surface area contributed by atoms with Gasteiger partial charge in [0.05, 0.1) is 23.1 Å². The topological polar surface area (TPSA) is 83.1 Å². The van der Waals surface area contributed by atoms with Crippen LogP contribution in [0.5, 0.6) is 5.75 Å². The summed E-state index contributed by atoms with van der Waals surface area (Å²) in [5.74, 6) is 1.43. The van der Waals surface area contributed by atoms with E-state index < -0.39 is 11.0 Å². The van der Waals surface area contributed by atoms with E-state index in [9.17, 15) is 9.00 Å². The summed E-state index contributed by atoms with van der Waals surface area (Å²) in [5.41, 5.74) is 3.59. The second kappa shape index (κ2) is 18.3. The second-order valence-electron chi connectivity index (χ2n) is 15.6. The number of carbonyl (C=O) groups excluding carboxylic acids is 1. The van der Waals surface area contributed by atoms with E-state index in [1.165, 1.54) is 56.6 Å².